The number of urea groups is 1. The molecule has 7 heteroatoms. The van der Waals surface area contributed by atoms with Gasteiger partial charge in [-0.1, -0.05) is 30.3 Å². The lowest BCUT2D eigenvalue weighted by Crippen LogP contribution is -2.40. The lowest BCUT2D eigenvalue weighted by atomic mass is 10.1. The molecule has 0 spiro atoms. The van der Waals surface area contributed by atoms with E-state index in [1.165, 1.54) is 0 Å². The second-order valence-corrected chi connectivity index (χ2v) is 6.80. The van der Waals surface area contributed by atoms with Gasteiger partial charge in [0, 0.05) is 24.0 Å². The molecule has 1 aliphatic rings. The molecule has 138 valence electrons. The average molecular weight is 363 g/mol. The van der Waals surface area contributed by atoms with Crippen LogP contribution in [0.4, 0.5) is 10.5 Å². The van der Waals surface area contributed by atoms with Crippen molar-refractivity contribution in [2.24, 2.45) is 0 Å². The van der Waals surface area contributed by atoms with E-state index in [-0.39, 0.29) is 24.0 Å². The Morgan fingerprint density at radius 1 is 1.26 bits per heavy atom. The number of aromatic nitrogens is 2. The smallest absolute Gasteiger partial charge is 0.319 e. The molecule has 2 atom stereocenters. The molecule has 1 saturated heterocycles. The van der Waals surface area contributed by atoms with Gasteiger partial charge in [0.1, 0.15) is 0 Å². The number of hydrogen-bond donors (Lipinski definition) is 3. The molecule has 7 nitrogen and oxygen atoms in total. The maximum atomic E-state index is 12.4. The first-order valence-electron chi connectivity index (χ1n) is 8.95. The van der Waals surface area contributed by atoms with E-state index in [0.29, 0.717) is 18.7 Å². The number of carbonyl (C=O) groups excluding carboxylic acids is 2. The third-order valence-electron chi connectivity index (χ3n) is 4.94. The summed E-state index contributed by atoms with van der Waals surface area (Å²) >= 11 is 0. The molecule has 2 aromatic carbocycles. The third-order valence-corrected chi connectivity index (χ3v) is 4.94. The monoisotopic (exact) mass is 363 g/mol. The van der Waals surface area contributed by atoms with Gasteiger partial charge < -0.3 is 15.5 Å². The van der Waals surface area contributed by atoms with Crippen LogP contribution in [0.25, 0.3) is 10.9 Å². The third kappa shape index (κ3) is 3.62. The summed E-state index contributed by atoms with van der Waals surface area (Å²) in [5, 5.41) is 13.5. The molecule has 3 N–H and O–H groups in total. The van der Waals surface area contributed by atoms with E-state index in [1.54, 1.807) is 6.20 Å². The predicted molar refractivity (Wildman–Crippen MR) is 103 cm³/mol. The van der Waals surface area contributed by atoms with Crippen molar-refractivity contribution in [1.82, 2.24) is 20.4 Å². The Labute approximate surface area is 156 Å². The van der Waals surface area contributed by atoms with E-state index in [1.807, 2.05) is 60.4 Å². The van der Waals surface area contributed by atoms with Gasteiger partial charge in [-0.05, 0) is 30.7 Å². The van der Waals surface area contributed by atoms with E-state index >= 15 is 0 Å². The SMILES string of the molecule is CC(c1ccccc1)N1CC(NC(=O)Nc2ccc3cn[nH]c3c2)CC1=O. The molecule has 1 aromatic heterocycles. The molecule has 1 aliphatic heterocycles. The number of anilines is 1. The summed E-state index contributed by atoms with van der Waals surface area (Å²) in [6.07, 6.45) is 2.04. The summed E-state index contributed by atoms with van der Waals surface area (Å²) in [6.45, 7) is 2.51. The van der Waals surface area contributed by atoms with Gasteiger partial charge in [-0.15, -0.1) is 0 Å². The van der Waals surface area contributed by atoms with Crippen LogP contribution in [0.3, 0.4) is 0 Å². The van der Waals surface area contributed by atoms with E-state index in [2.05, 4.69) is 20.8 Å². The summed E-state index contributed by atoms with van der Waals surface area (Å²) in [7, 11) is 0. The second-order valence-electron chi connectivity index (χ2n) is 6.80. The maximum absolute atomic E-state index is 12.4. The minimum atomic E-state index is -0.319. The molecule has 0 aliphatic carbocycles. The summed E-state index contributed by atoms with van der Waals surface area (Å²) in [4.78, 5) is 26.5. The van der Waals surface area contributed by atoms with Gasteiger partial charge in [-0.2, -0.15) is 5.10 Å². The molecule has 2 heterocycles. The minimum absolute atomic E-state index is 0.0173. The van der Waals surface area contributed by atoms with Gasteiger partial charge in [-0.3, -0.25) is 9.89 Å². The number of fused-ring (bicyclic) bond motifs is 1. The van der Waals surface area contributed by atoms with E-state index < -0.39 is 0 Å². The highest BCUT2D eigenvalue weighted by Crippen LogP contribution is 2.25. The molecule has 27 heavy (non-hydrogen) atoms. The Morgan fingerprint density at radius 3 is 2.89 bits per heavy atom. The standard InChI is InChI=1S/C20H21N5O2/c1-13(14-5-3-2-4-6-14)25-12-17(10-19(25)26)23-20(27)22-16-8-7-15-11-21-24-18(15)9-16/h2-9,11,13,17H,10,12H2,1H3,(H,21,24)(H2,22,23,27). The Kier molecular flexibility index (Phi) is 4.50. The van der Waals surface area contributed by atoms with Crippen molar-refractivity contribution < 1.29 is 9.59 Å². The van der Waals surface area contributed by atoms with Crippen LogP contribution in [0, 0.1) is 0 Å². The van der Waals surface area contributed by atoms with Crippen molar-refractivity contribution in [1.29, 1.82) is 0 Å². The maximum Gasteiger partial charge on any atom is 0.319 e. The Morgan fingerprint density at radius 2 is 2.07 bits per heavy atom. The lowest BCUT2D eigenvalue weighted by molar-refractivity contribution is -0.129. The van der Waals surface area contributed by atoms with Crippen LogP contribution in [0.5, 0.6) is 0 Å². The van der Waals surface area contributed by atoms with Crippen LogP contribution in [0.2, 0.25) is 0 Å². The van der Waals surface area contributed by atoms with E-state index in [9.17, 15) is 9.59 Å². The molecular formula is C20H21N5O2. The Bertz CT molecular complexity index is 969. The van der Waals surface area contributed by atoms with Crippen LogP contribution >= 0.6 is 0 Å². The number of nitrogens with zero attached hydrogens (tertiary/aromatic N) is 2. The normalized spacial score (nSPS) is 17.9. The fraction of sp³-hybridized carbons (Fsp3) is 0.250. The van der Waals surface area contributed by atoms with Gasteiger partial charge in [0.2, 0.25) is 5.91 Å². The zero-order valence-corrected chi connectivity index (χ0v) is 15.0. The minimum Gasteiger partial charge on any atom is -0.334 e. The molecule has 0 saturated carbocycles. The van der Waals surface area contributed by atoms with Gasteiger partial charge in [-0.25, -0.2) is 4.79 Å². The number of rotatable bonds is 4. The number of likely N-dealkylation sites (tertiary alicyclic amines) is 1. The zero-order valence-electron chi connectivity index (χ0n) is 15.0. The molecule has 4 rings (SSSR count). The van der Waals surface area contributed by atoms with Crippen molar-refractivity contribution in [3.8, 4) is 0 Å². The van der Waals surface area contributed by atoms with E-state index in [0.717, 1.165) is 16.5 Å². The first-order chi connectivity index (χ1) is 13.1. The number of carbonyl (C=O) groups is 2. The molecule has 1 fully saturated rings. The highest BCUT2D eigenvalue weighted by molar-refractivity contribution is 5.93. The van der Waals surface area contributed by atoms with Crippen molar-refractivity contribution in [3.63, 3.8) is 0 Å². The van der Waals surface area contributed by atoms with Crippen molar-refractivity contribution >= 4 is 28.5 Å². The summed E-state index contributed by atoms with van der Waals surface area (Å²) in [6, 6.07) is 14.9. The summed E-state index contributed by atoms with van der Waals surface area (Å²) in [5.41, 5.74) is 2.61. The molecule has 3 aromatic rings. The molecule has 0 bridgehead atoms. The molecule has 3 amide bonds. The quantitative estimate of drug-likeness (QED) is 0.665. The van der Waals surface area contributed by atoms with Crippen LogP contribution in [-0.2, 0) is 4.79 Å². The number of amides is 3. The van der Waals surface area contributed by atoms with E-state index in [4.69, 9.17) is 0 Å². The molecular weight excluding hydrogens is 342 g/mol. The number of hydrogen-bond acceptors (Lipinski definition) is 3. The van der Waals surface area contributed by atoms with Gasteiger partial charge in [0.15, 0.2) is 0 Å². The topological polar surface area (TPSA) is 90.1 Å². The largest absolute Gasteiger partial charge is 0.334 e. The lowest BCUT2D eigenvalue weighted by Gasteiger charge is -2.25. The summed E-state index contributed by atoms with van der Waals surface area (Å²) in [5.74, 6) is 0.0514. The van der Waals surface area contributed by atoms with Crippen LogP contribution in [0.1, 0.15) is 24.9 Å². The first kappa shape index (κ1) is 17.1. The zero-order chi connectivity index (χ0) is 18.8. The molecule has 2 unspecified atom stereocenters. The Hall–Kier alpha value is -3.35. The predicted octanol–water partition coefficient (Wildman–Crippen LogP) is 3.05. The van der Waals surface area contributed by atoms with Crippen LogP contribution in [0.15, 0.2) is 54.7 Å². The van der Waals surface area contributed by atoms with Crippen molar-refractivity contribution in [2.45, 2.75) is 25.4 Å². The fourth-order valence-electron chi connectivity index (χ4n) is 3.48. The second kappa shape index (κ2) is 7.11. The van der Waals surface area contributed by atoms with Gasteiger partial charge in [0.25, 0.3) is 0 Å². The average Bonchev–Trinajstić information content (AvgIpc) is 3.27. The Balaban J connectivity index is 1.37. The molecule has 0 radical (unpaired) electrons. The van der Waals surface area contributed by atoms with Crippen LogP contribution < -0.4 is 10.6 Å². The van der Waals surface area contributed by atoms with Gasteiger partial charge in [0.05, 0.1) is 23.8 Å². The first-order valence-corrected chi connectivity index (χ1v) is 8.95. The summed E-state index contributed by atoms with van der Waals surface area (Å²) < 4.78 is 0. The van der Waals surface area contributed by atoms with Gasteiger partial charge >= 0.3 is 6.03 Å². The number of H-pyrrole nitrogens is 1. The van der Waals surface area contributed by atoms with Crippen molar-refractivity contribution in [3.05, 3.63) is 60.3 Å². The number of benzene rings is 2. The highest BCUT2D eigenvalue weighted by atomic mass is 16.2. The number of nitrogens with one attached hydrogen (secondary N) is 3. The fourth-order valence-corrected chi connectivity index (χ4v) is 3.48. The highest BCUT2D eigenvalue weighted by Gasteiger charge is 2.33. The van der Waals surface area contributed by atoms with Crippen LogP contribution in [-0.4, -0.2) is 39.6 Å². The van der Waals surface area contributed by atoms with Crippen molar-refractivity contribution in [2.75, 3.05) is 11.9 Å². The number of aromatic amines is 1.